The Morgan fingerprint density at radius 2 is 1.57 bits per heavy atom. The number of aliphatic hydroxyl groups is 2. The maximum absolute atomic E-state index is 12.2. The summed E-state index contributed by atoms with van der Waals surface area (Å²) in [6.07, 6.45) is 4.12. The number of carboxylic acids is 1. The Balaban J connectivity index is 1.31. The summed E-state index contributed by atoms with van der Waals surface area (Å²) in [4.78, 5) is 25.0. The molecule has 2 aromatic rings. The summed E-state index contributed by atoms with van der Waals surface area (Å²) in [5, 5.41) is 31.0. The first-order chi connectivity index (χ1) is 19.4. The predicted molar refractivity (Wildman–Crippen MR) is 149 cm³/mol. The third-order valence-electron chi connectivity index (χ3n) is 7.61. The van der Waals surface area contributed by atoms with E-state index in [1.54, 1.807) is 0 Å². The van der Waals surface area contributed by atoms with Crippen LogP contribution in [0.3, 0.4) is 0 Å². The number of benzene rings is 2. The third kappa shape index (κ3) is 9.38. The van der Waals surface area contributed by atoms with Crippen molar-refractivity contribution in [3.05, 3.63) is 70.8 Å². The van der Waals surface area contributed by atoms with Crippen LogP contribution in [-0.4, -0.2) is 63.9 Å². The number of carbonyl (C=O) groups excluding carboxylic acids is 1. The van der Waals surface area contributed by atoms with E-state index in [4.69, 9.17) is 14.6 Å². The van der Waals surface area contributed by atoms with Gasteiger partial charge in [-0.25, -0.2) is 0 Å². The average Bonchev–Trinajstić information content (AvgIpc) is 3.37. The van der Waals surface area contributed by atoms with E-state index in [9.17, 15) is 19.8 Å². The van der Waals surface area contributed by atoms with Crippen LogP contribution < -0.4 is 5.32 Å². The van der Waals surface area contributed by atoms with Gasteiger partial charge in [0.15, 0.2) is 6.29 Å². The molecule has 2 aliphatic rings. The molecular formula is C31H42N2O7. The Hall–Kier alpha value is -2.82. The van der Waals surface area contributed by atoms with E-state index in [1.165, 1.54) is 0 Å². The SMILES string of the molecule is O=C(O)CCCCCCC(=O)NCc1ccc([C@H]2O[C@@H](CN3CC[C@H](O)C3)C[C@@H](c3ccc(CO)cc3)O2)cc1. The highest BCUT2D eigenvalue weighted by Gasteiger charge is 2.34. The number of aliphatic carboxylic acids is 1. The second-order valence-corrected chi connectivity index (χ2v) is 10.9. The smallest absolute Gasteiger partial charge is 0.303 e. The summed E-state index contributed by atoms with van der Waals surface area (Å²) in [5.74, 6) is -0.785. The van der Waals surface area contributed by atoms with Gasteiger partial charge in [0.1, 0.15) is 0 Å². The molecule has 0 aliphatic carbocycles. The number of carbonyl (C=O) groups is 2. The van der Waals surface area contributed by atoms with Crippen LogP contribution in [0.2, 0.25) is 0 Å². The molecule has 2 heterocycles. The number of amides is 1. The number of hydrogen-bond acceptors (Lipinski definition) is 7. The minimum Gasteiger partial charge on any atom is -0.481 e. The fourth-order valence-corrected chi connectivity index (χ4v) is 5.30. The molecule has 0 bridgehead atoms. The van der Waals surface area contributed by atoms with Crippen LogP contribution in [0.25, 0.3) is 0 Å². The third-order valence-corrected chi connectivity index (χ3v) is 7.61. The number of nitrogens with one attached hydrogen (secondary N) is 1. The Bertz CT molecular complexity index is 1080. The second kappa shape index (κ2) is 15.3. The molecule has 2 saturated heterocycles. The first-order valence-corrected chi connectivity index (χ1v) is 14.4. The van der Waals surface area contributed by atoms with Crippen molar-refractivity contribution in [1.29, 1.82) is 0 Å². The number of β-amino-alcohol motifs (C(OH)–C–C–N with tert-alkyl or cyclic N) is 1. The highest BCUT2D eigenvalue weighted by atomic mass is 16.7. The van der Waals surface area contributed by atoms with Crippen LogP contribution in [0.1, 0.15) is 86.0 Å². The monoisotopic (exact) mass is 554 g/mol. The van der Waals surface area contributed by atoms with E-state index in [1.807, 2.05) is 48.5 Å². The average molecular weight is 555 g/mol. The Morgan fingerprint density at radius 1 is 0.900 bits per heavy atom. The molecule has 0 unspecified atom stereocenters. The largest absolute Gasteiger partial charge is 0.481 e. The van der Waals surface area contributed by atoms with Crippen molar-refractivity contribution < 1.29 is 34.4 Å². The quantitative estimate of drug-likeness (QED) is 0.260. The van der Waals surface area contributed by atoms with E-state index >= 15 is 0 Å². The summed E-state index contributed by atoms with van der Waals surface area (Å²) in [6, 6.07) is 15.7. The van der Waals surface area contributed by atoms with Crippen molar-refractivity contribution in [3.8, 4) is 0 Å². The second-order valence-electron chi connectivity index (χ2n) is 10.9. The summed E-state index contributed by atoms with van der Waals surface area (Å²) < 4.78 is 12.8. The molecule has 2 fully saturated rings. The van der Waals surface area contributed by atoms with E-state index < -0.39 is 12.3 Å². The van der Waals surface area contributed by atoms with Crippen LogP contribution in [0, 0.1) is 0 Å². The van der Waals surface area contributed by atoms with Crippen molar-refractivity contribution in [3.63, 3.8) is 0 Å². The van der Waals surface area contributed by atoms with Crippen molar-refractivity contribution >= 4 is 11.9 Å². The fraction of sp³-hybridized carbons (Fsp3) is 0.548. The van der Waals surface area contributed by atoms with Crippen molar-refractivity contribution in [2.45, 2.75) is 89.1 Å². The summed E-state index contributed by atoms with van der Waals surface area (Å²) >= 11 is 0. The summed E-state index contributed by atoms with van der Waals surface area (Å²) in [6.45, 7) is 2.68. The lowest BCUT2D eigenvalue weighted by Gasteiger charge is -2.37. The van der Waals surface area contributed by atoms with Gasteiger partial charge in [0.25, 0.3) is 0 Å². The van der Waals surface area contributed by atoms with Gasteiger partial charge in [-0.15, -0.1) is 0 Å². The molecule has 0 spiro atoms. The van der Waals surface area contributed by atoms with E-state index in [0.717, 1.165) is 61.0 Å². The van der Waals surface area contributed by atoms with Gasteiger partial charge in [-0.05, 0) is 36.0 Å². The molecule has 4 N–H and O–H groups in total. The van der Waals surface area contributed by atoms with Gasteiger partial charge < -0.3 is 30.1 Å². The van der Waals surface area contributed by atoms with Crippen molar-refractivity contribution in [2.24, 2.45) is 0 Å². The number of rotatable bonds is 14. The molecule has 218 valence electrons. The molecule has 40 heavy (non-hydrogen) atoms. The van der Waals surface area contributed by atoms with Gasteiger partial charge in [0, 0.05) is 51.0 Å². The maximum Gasteiger partial charge on any atom is 0.303 e. The molecule has 4 atom stereocenters. The van der Waals surface area contributed by atoms with Crippen LogP contribution in [-0.2, 0) is 32.2 Å². The van der Waals surface area contributed by atoms with Gasteiger partial charge in [-0.3, -0.25) is 14.5 Å². The van der Waals surface area contributed by atoms with E-state index in [0.29, 0.717) is 32.4 Å². The fourth-order valence-electron chi connectivity index (χ4n) is 5.30. The molecule has 2 aliphatic heterocycles. The first kappa shape index (κ1) is 30.1. The predicted octanol–water partition coefficient (Wildman–Crippen LogP) is 3.83. The highest BCUT2D eigenvalue weighted by Crippen LogP contribution is 2.38. The number of aliphatic hydroxyl groups excluding tert-OH is 2. The van der Waals surface area contributed by atoms with E-state index in [2.05, 4.69) is 10.2 Å². The minimum absolute atomic E-state index is 0.00114. The van der Waals surface area contributed by atoms with Crippen LogP contribution in [0.4, 0.5) is 0 Å². The lowest BCUT2D eigenvalue weighted by atomic mass is 9.99. The number of carboxylic acid groups (broad SMARTS) is 1. The van der Waals surface area contributed by atoms with Gasteiger partial charge in [-0.1, -0.05) is 61.4 Å². The molecule has 2 aromatic carbocycles. The first-order valence-electron chi connectivity index (χ1n) is 14.4. The van der Waals surface area contributed by atoms with Gasteiger partial charge >= 0.3 is 5.97 Å². The van der Waals surface area contributed by atoms with Crippen molar-refractivity contribution in [1.82, 2.24) is 10.2 Å². The Labute approximate surface area is 236 Å². The van der Waals surface area contributed by atoms with Gasteiger partial charge in [-0.2, -0.15) is 0 Å². The number of likely N-dealkylation sites (tertiary alicyclic amines) is 1. The zero-order valence-electron chi connectivity index (χ0n) is 23.0. The number of unbranched alkanes of at least 4 members (excludes halogenated alkanes) is 3. The van der Waals surface area contributed by atoms with Crippen LogP contribution >= 0.6 is 0 Å². The van der Waals surface area contributed by atoms with E-state index in [-0.39, 0.29) is 37.2 Å². The normalized spacial score (nSPS) is 23.2. The lowest BCUT2D eigenvalue weighted by molar-refractivity contribution is -0.252. The van der Waals surface area contributed by atoms with Crippen molar-refractivity contribution in [2.75, 3.05) is 19.6 Å². The Kier molecular flexibility index (Phi) is 11.5. The van der Waals surface area contributed by atoms with Crippen LogP contribution in [0.15, 0.2) is 48.5 Å². The molecular weight excluding hydrogens is 512 g/mol. The highest BCUT2D eigenvalue weighted by molar-refractivity contribution is 5.75. The van der Waals surface area contributed by atoms with Crippen LogP contribution in [0.5, 0.6) is 0 Å². The summed E-state index contributed by atoms with van der Waals surface area (Å²) in [5.41, 5.74) is 3.78. The molecule has 0 aromatic heterocycles. The van der Waals surface area contributed by atoms with Gasteiger partial charge in [0.05, 0.1) is 24.9 Å². The number of ether oxygens (including phenoxy) is 2. The molecule has 9 nitrogen and oxygen atoms in total. The molecule has 9 heteroatoms. The standard InChI is InChI=1S/C31H42N2O7/c34-21-23-9-11-24(12-10-23)28-17-27(20-33-16-15-26(35)19-33)39-31(40-28)25-13-7-22(8-14-25)18-32-29(36)5-3-1-2-4-6-30(37)38/h7-14,26-28,31,34-35H,1-6,15-21H2,(H,32,36)(H,37,38)/t26-,27+,28-,31-/m0/s1. The zero-order chi connectivity index (χ0) is 28.3. The lowest BCUT2D eigenvalue weighted by Crippen LogP contribution is -2.38. The molecule has 4 rings (SSSR count). The molecule has 0 saturated carbocycles. The zero-order valence-corrected chi connectivity index (χ0v) is 23.0. The summed E-state index contributed by atoms with van der Waals surface area (Å²) in [7, 11) is 0. The minimum atomic E-state index is -0.777. The Morgan fingerprint density at radius 3 is 2.23 bits per heavy atom. The molecule has 0 radical (unpaired) electrons. The van der Waals surface area contributed by atoms with Gasteiger partial charge in [0.2, 0.25) is 5.91 Å². The number of nitrogens with zero attached hydrogens (tertiary/aromatic N) is 1. The number of hydrogen-bond donors (Lipinski definition) is 4. The topological polar surface area (TPSA) is 129 Å². The maximum atomic E-state index is 12.2. The molecule has 1 amide bonds.